The fourth-order valence-electron chi connectivity index (χ4n) is 2.35. The van der Waals surface area contributed by atoms with Gasteiger partial charge in [-0.2, -0.15) is 0 Å². The Morgan fingerprint density at radius 2 is 1.90 bits per heavy atom. The molecule has 1 aliphatic heterocycles. The molecule has 0 unspecified atom stereocenters. The van der Waals surface area contributed by atoms with E-state index in [0.29, 0.717) is 18.7 Å². The Balaban J connectivity index is 1.86. The number of carbonyl (C=O) groups is 1. The van der Waals surface area contributed by atoms with Gasteiger partial charge in [-0.15, -0.1) is 0 Å². The molecule has 1 aromatic carbocycles. The average molecular weight is 268 g/mol. The quantitative estimate of drug-likeness (QED) is 0.904. The number of aliphatic hydroxyl groups is 1. The van der Waals surface area contributed by atoms with Crippen molar-refractivity contribution in [3.63, 3.8) is 0 Å². The number of β-amino-alcohol motifs (C(OH)–C–C–N with tert-alkyl or cyclic N) is 1. The van der Waals surface area contributed by atoms with Gasteiger partial charge in [0.25, 0.3) is 5.91 Å². The van der Waals surface area contributed by atoms with E-state index in [9.17, 15) is 9.90 Å². The first-order chi connectivity index (χ1) is 9.65. The number of nitrogens with zero attached hydrogens (tertiary/aromatic N) is 2. The predicted octanol–water partition coefficient (Wildman–Crippen LogP) is 1.87. The molecular weight excluding hydrogens is 252 g/mol. The molecule has 3 rings (SSSR count). The zero-order valence-electron chi connectivity index (χ0n) is 11.3. The van der Waals surface area contributed by atoms with Crippen molar-refractivity contribution in [2.24, 2.45) is 0 Å². The number of likely N-dealkylation sites (tertiary alicyclic amines) is 1. The van der Waals surface area contributed by atoms with Crippen molar-refractivity contribution in [1.82, 2.24) is 9.88 Å². The second-order valence-corrected chi connectivity index (χ2v) is 5.06. The number of carbonyl (C=O) groups excluding carboxylic acids is 1. The van der Waals surface area contributed by atoms with Gasteiger partial charge in [-0.05, 0) is 19.1 Å². The minimum absolute atomic E-state index is 0.0556. The highest BCUT2D eigenvalue weighted by atomic mass is 16.3. The number of aryl methyl sites for hydroxylation is 1. The van der Waals surface area contributed by atoms with Crippen LogP contribution in [0.15, 0.2) is 42.5 Å². The van der Waals surface area contributed by atoms with Crippen molar-refractivity contribution in [3.8, 4) is 11.3 Å². The molecule has 0 atom stereocenters. The zero-order chi connectivity index (χ0) is 14.1. The van der Waals surface area contributed by atoms with Crippen molar-refractivity contribution in [1.29, 1.82) is 0 Å². The number of aliphatic hydroxyl groups excluding tert-OH is 1. The lowest BCUT2D eigenvalue weighted by molar-refractivity contribution is 0.00581. The summed E-state index contributed by atoms with van der Waals surface area (Å²) in [4.78, 5) is 18.4. The lowest BCUT2D eigenvalue weighted by Gasteiger charge is -2.36. The number of pyridine rings is 1. The summed E-state index contributed by atoms with van der Waals surface area (Å²) in [6, 6.07) is 13.6. The topological polar surface area (TPSA) is 53.4 Å². The van der Waals surface area contributed by atoms with Crippen molar-refractivity contribution >= 4 is 5.91 Å². The first-order valence-electron chi connectivity index (χ1n) is 6.65. The standard InChI is InChI=1S/C16H16N2O2/c1-11-14(16(20)18-9-13(19)10-18)7-8-15(17-11)12-5-3-2-4-6-12/h2-8,13,19H,9-10H2,1H3. The molecular formula is C16H16N2O2. The van der Waals surface area contributed by atoms with E-state index in [1.54, 1.807) is 4.90 Å². The minimum atomic E-state index is -0.379. The molecule has 0 saturated carbocycles. The molecule has 4 heteroatoms. The van der Waals surface area contributed by atoms with Crippen LogP contribution in [0.3, 0.4) is 0 Å². The molecule has 0 spiro atoms. The monoisotopic (exact) mass is 268 g/mol. The van der Waals surface area contributed by atoms with Gasteiger partial charge in [0.15, 0.2) is 0 Å². The Morgan fingerprint density at radius 1 is 1.20 bits per heavy atom. The maximum atomic E-state index is 12.2. The van der Waals surface area contributed by atoms with Crippen molar-refractivity contribution < 1.29 is 9.90 Å². The van der Waals surface area contributed by atoms with Gasteiger partial charge in [0, 0.05) is 18.7 Å². The summed E-state index contributed by atoms with van der Waals surface area (Å²) in [6.45, 7) is 2.67. The molecule has 4 nitrogen and oxygen atoms in total. The van der Waals surface area contributed by atoms with Crippen LogP contribution in [0.2, 0.25) is 0 Å². The Labute approximate surface area is 117 Å². The summed E-state index contributed by atoms with van der Waals surface area (Å²) >= 11 is 0. The second-order valence-electron chi connectivity index (χ2n) is 5.06. The van der Waals surface area contributed by atoms with E-state index in [-0.39, 0.29) is 12.0 Å². The van der Waals surface area contributed by atoms with Crippen LogP contribution in [-0.2, 0) is 0 Å². The number of amides is 1. The fraction of sp³-hybridized carbons (Fsp3) is 0.250. The fourth-order valence-corrected chi connectivity index (χ4v) is 2.35. The number of rotatable bonds is 2. The molecule has 0 radical (unpaired) electrons. The average Bonchev–Trinajstić information content (AvgIpc) is 2.44. The van der Waals surface area contributed by atoms with Crippen LogP contribution >= 0.6 is 0 Å². The number of hydrogen-bond acceptors (Lipinski definition) is 3. The smallest absolute Gasteiger partial charge is 0.255 e. The van der Waals surface area contributed by atoms with E-state index >= 15 is 0 Å². The number of benzene rings is 1. The van der Waals surface area contributed by atoms with E-state index in [2.05, 4.69) is 4.98 Å². The van der Waals surface area contributed by atoms with Gasteiger partial charge in [-0.3, -0.25) is 9.78 Å². The summed E-state index contributed by atoms with van der Waals surface area (Å²) < 4.78 is 0. The van der Waals surface area contributed by atoms with Gasteiger partial charge in [0.1, 0.15) is 0 Å². The van der Waals surface area contributed by atoms with Crippen LogP contribution in [0, 0.1) is 6.92 Å². The lowest BCUT2D eigenvalue weighted by Crippen LogP contribution is -2.53. The summed E-state index contributed by atoms with van der Waals surface area (Å²) in [5.41, 5.74) is 3.23. The first-order valence-corrected chi connectivity index (χ1v) is 6.65. The van der Waals surface area contributed by atoms with E-state index in [1.807, 2.05) is 49.4 Å². The van der Waals surface area contributed by atoms with Gasteiger partial charge in [0.2, 0.25) is 0 Å². The lowest BCUT2D eigenvalue weighted by atomic mass is 10.1. The highest BCUT2D eigenvalue weighted by Crippen LogP contribution is 2.20. The maximum absolute atomic E-state index is 12.2. The summed E-state index contributed by atoms with van der Waals surface area (Å²) in [7, 11) is 0. The third kappa shape index (κ3) is 2.30. The third-order valence-electron chi connectivity index (χ3n) is 3.54. The Morgan fingerprint density at radius 3 is 2.50 bits per heavy atom. The minimum Gasteiger partial charge on any atom is -0.389 e. The first kappa shape index (κ1) is 12.8. The molecule has 20 heavy (non-hydrogen) atoms. The van der Waals surface area contributed by atoms with Crippen molar-refractivity contribution in [3.05, 3.63) is 53.7 Å². The molecule has 1 saturated heterocycles. The highest BCUT2D eigenvalue weighted by molar-refractivity contribution is 5.96. The molecule has 102 valence electrons. The van der Waals surface area contributed by atoms with E-state index in [1.165, 1.54) is 0 Å². The number of aromatic nitrogens is 1. The SMILES string of the molecule is Cc1nc(-c2ccccc2)ccc1C(=O)N1CC(O)C1. The molecule has 0 aliphatic carbocycles. The van der Waals surface area contributed by atoms with Gasteiger partial charge in [0.05, 0.1) is 23.1 Å². The second kappa shape index (κ2) is 5.06. The third-order valence-corrected chi connectivity index (χ3v) is 3.54. The van der Waals surface area contributed by atoms with Crippen LogP contribution in [-0.4, -0.2) is 40.1 Å². The van der Waals surface area contributed by atoms with Crippen LogP contribution in [0.4, 0.5) is 0 Å². The van der Waals surface area contributed by atoms with E-state index in [0.717, 1.165) is 17.0 Å². The highest BCUT2D eigenvalue weighted by Gasteiger charge is 2.30. The molecule has 2 aromatic rings. The van der Waals surface area contributed by atoms with Crippen LogP contribution < -0.4 is 0 Å². The van der Waals surface area contributed by atoms with Crippen LogP contribution in [0.5, 0.6) is 0 Å². The van der Waals surface area contributed by atoms with E-state index < -0.39 is 0 Å². The molecule has 1 aromatic heterocycles. The largest absolute Gasteiger partial charge is 0.389 e. The maximum Gasteiger partial charge on any atom is 0.255 e. The van der Waals surface area contributed by atoms with Gasteiger partial charge in [-0.1, -0.05) is 30.3 Å². The van der Waals surface area contributed by atoms with Gasteiger partial charge in [-0.25, -0.2) is 0 Å². The molecule has 1 amide bonds. The molecule has 0 bridgehead atoms. The van der Waals surface area contributed by atoms with E-state index in [4.69, 9.17) is 0 Å². The summed E-state index contributed by atoms with van der Waals surface area (Å²) in [5.74, 6) is -0.0556. The normalized spacial score (nSPS) is 15.0. The predicted molar refractivity (Wildman–Crippen MR) is 76.3 cm³/mol. The summed E-state index contributed by atoms with van der Waals surface area (Å²) in [5, 5.41) is 9.27. The van der Waals surface area contributed by atoms with Crippen LogP contribution in [0.25, 0.3) is 11.3 Å². The molecule has 1 aliphatic rings. The molecule has 2 heterocycles. The van der Waals surface area contributed by atoms with Crippen LogP contribution in [0.1, 0.15) is 16.1 Å². The molecule has 1 N–H and O–H groups in total. The van der Waals surface area contributed by atoms with Gasteiger partial charge >= 0.3 is 0 Å². The Hall–Kier alpha value is -2.20. The Bertz CT molecular complexity index is 634. The number of hydrogen-bond donors (Lipinski definition) is 1. The Kier molecular flexibility index (Phi) is 3.24. The van der Waals surface area contributed by atoms with Crippen molar-refractivity contribution in [2.75, 3.05) is 13.1 Å². The summed E-state index contributed by atoms with van der Waals surface area (Å²) in [6.07, 6.45) is -0.379. The molecule has 1 fully saturated rings. The van der Waals surface area contributed by atoms with Gasteiger partial charge < -0.3 is 10.0 Å². The van der Waals surface area contributed by atoms with Crippen molar-refractivity contribution in [2.45, 2.75) is 13.0 Å². The zero-order valence-corrected chi connectivity index (χ0v) is 11.3.